The van der Waals surface area contributed by atoms with E-state index in [1.54, 1.807) is 0 Å². The highest BCUT2D eigenvalue weighted by Crippen LogP contribution is 2.15. The molecule has 0 aliphatic carbocycles. The number of carboxylic acid groups (broad SMARTS) is 1. The summed E-state index contributed by atoms with van der Waals surface area (Å²) in [6.45, 7) is -2.44. The van der Waals surface area contributed by atoms with Crippen LogP contribution in [0.4, 0.5) is 8.78 Å². The van der Waals surface area contributed by atoms with Crippen molar-refractivity contribution in [1.29, 1.82) is 0 Å². The quantitative estimate of drug-likeness (QED) is 0.676. The van der Waals surface area contributed by atoms with Crippen LogP contribution in [0, 0.1) is 5.92 Å². The van der Waals surface area contributed by atoms with Gasteiger partial charge in [0.1, 0.15) is 6.04 Å². The Labute approximate surface area is 73.9 Å². The summed E-state index contributed by atoms with van der Waals surface area (Å²) in [6.07, 6.45) is 0.349. The van der Waals surface area contributed by atoms with Crippen molar-refractivity contribution < 1.29 is 23.4 Å². The van der Waals surface area contributed by atoms with Crippen molar-refractivity contribution in [2.75, 3.05) is 13.2 Å². The van der Waals surface area contributed by atoms with Gasteiger partial charge in [0.15, 0.2) is 0 Å². The molecule has 0 aromatic rings. The minimum atomic E-state index is -2.77. The summed E-state index contributed by atoms with van der Waals surface area (Å²) in [5, 5.41) is 11.3. The zero-order valence-electron chi connectivity index (χ0n) is 6.87. The first-order valence-electron chi connectivity index (χ1n) is 3.95. The van der Waals surface area contributed by atoms with E-state index in [1.165, 1.54) is 0 Å². The van der Waals surface area contributed by atoms with Crippen molar-refractivity contribution in [3.63, 3.8) is 0 Å². The van der Waals surface area contributed by atoms with E-state index in [4.69, 9.17) is 5.11 Å². The lowest BCUT2D eigenvalue weighted by Crippen LogP contribution is -2.29. The van der Waals surface area contributed by atoms with Crippen LogP contribution in [-0.4, -0.2) is 36.9 Å². The highest BCUT2D eigenvalue weighted by molar-refractivity contribution is 5.73. The van der Waals surface area contributed by atoms with Gasteiger partial charge in [-0.05, 0) is 12.3 Å². The fourth-order valence-electron chi connectivity index (χ4n) is 1.33. The molecule has 1 heterocycles. The molecule has 1 unspecified atom stereocenters. The number of ether oxygens (including phenoxy) is 1. The lowest BCUT2D eigenvalue weighted by Gasteiger charge is -2.07. The van der Waals surface area contributed by atoms with Crippen LogP contribution in [-0.2, 0) is 9.53 Å². The van der Waals surface area contributed by atoms with Crippen LogP contribution < -0.4 is 5.32 Å². The minimum absolute atomic E-state index is 0.0888. The van der Waals surface area contributed by atoms with Gasteiger partial charge >= 0.3 is 12.6 Å². The van der Waals surface area contributed by atoms with Crippen molar-refractivity contribution in [3.05, 3.63) is 0 Å². The number of halogens is 2. The fraction of sp³-hybridized carbons (Fsp3) is 0.857. The molecule has 13 heavy (non-hydrogen) atoms. The maximum absolute atomic E-state index is 11.6. The second-order valence-corrected chi connectivity index (χ2v) is 2.99. The lowest BCUT2D eigenvalue weighted by atomic mass is 10.1. The summed E-state index contributed by atoms with van der Waals surface area (Å²) < 4.78 is 27.3. The van der Waals surface area contributed by atoms with Crippen LogP contribution in [0.25, 0.3) is 0 Å². The van der Waals surface area contributed by atoms with Gasteiger partial charge in [0.2, 0.25) is 0 Å². The van der Waals surface area contributed by atoms with E-state index in [0.29, 0.717) is 13.0 Å². The number of rotatable bonds is 4. The minimum Gasteiger partial charge on any atom is -0.480 e. The van der Waals surface area contributed by atoms with Gasteiger partial charge in [0, 0.05) is 6.54 Å². The monoisotopic (exact) mass is 195 g/mol. The molecule has 0 spiro atoms. The molecule has 0 amide bonds. The summed E-state index contributed by atoms with van der Waals surface area (Å²) in [4.78, 5) is 10.4. The second-order valence-electron chi connectivity index (χ2n) is 2.99. The molecular weight excluding hydrogens is 184 g/mol. The van der Waals surface area contributed by atoms with Crippen molar-refractivity contribution in [2.24, 2.45) is 5.92 Å². The molecule has 1 saturated heterocycles. The van der Waals surface area contributed by atoms with Gasteiger partial charge in [-0.25, -0.2) is 0 Å². The van der Waals surface area contributed by atoms with E-state index in [2.05, 4.69) is 10.1 Å². The SMILES string of the molecule is O=C(O)[C@@H]1CC(COC(F)F)CN1. The summed E-state index contributed by atoms with van der Waals surface area (Å²) in [5.74, 6) is -1.07. The van der Waals surface area contributed by atoms with Gasteiger partial charge in [0.25, 0.3) is 0 Å². The molecule has 0 saturated carbocycles. The standard InChI is InChI=1S/C7H11F2NO3/c8-7(9)13-3-4-1-5(6(11)12)10-2-4/h4-5,7,10H,1-3H2,(H,11,12)/t4?,5-/m0/s1. The molecule has 0 aromatic carbocycles. The Kier molecular flexibility index (Phi) is 3.56. The number of carbonyl (C=O) groups is 1. The largest absolute Gasteiger partial charge is 0.480 e. The average molecular weight is 195 g/mol. The maximum atomic E-state index is 11.6. The third-order valence-electron chi connectivity index (χ3n) is 1.98. The van der Waals surface area contributed by atoms with Crippen molar-refractivity contribution >= 4 is 5.97 Å². The summed E-state index contributed by atoms with van der Waals surface area (Å²) in [5.41, 5.74) is 0. The van der Waals surface area contributed by atoms with Crippen LogP contribution >= 0.6 is 0 Å². The lowest BCUT2D eigenvalue weighted by molar-refractivity contribution is -0.140. The summed E-state index contributed by atoms with van der Waals surface area (Å²) >= 11 is 0. The first-order valence-corrected chi connectivity index (χ1v) is 3.95. The van der Waals surface area contributed by atoms with E-state index in [-0.39, 0.29) is 12.5 Å². The van der Waals surface area contributed by atoms with E-state index >= 15 is 0 Å². The maximum Gasteiger partial charge on any atom is 0.345 e. The number of carboxylic acids is 1. The Morgan fingerprint density at radius 2 is 2.38 bits per heavy atom. The molecular formula is C7H11F2NO3. The molecule has 4 nitrogen and oxygen atoms in total. The van der Waals surface area contributed by atoms with E-state index in [9.17, 15) is 13.6 Å². The predicted octanol–water partition coefficient (Wildman–Crippen LogP) is 0.288. The van der Waals surface area contributed by atoms with Gasteiger partial charge in [-0.1, -0.05) is 0 Å². The smallest absolute Gasteiger partial charge is 0.345 e. The molecule has 76 valence electrons. The third kappa shape index (κ3) is 3.23. The van der Waals surface area contributed by atoms with Gasteiger partial charge in [-0.2, -0.15) is 8.78 Å². The van der Waals surface area contributed by atoms with E-state index < -0.39 is 18.6 Å². The number of nitrogens with one attached hydrogen (secondary N) is 1. The van der Waals surface area contributed by atoms with Crippen LogP contribution in [0.3, 0.4) is 0 Å². The van der Waals surface area contributed by atoms with Crippen LogP contribution in [0.1, 0.15) is 6.42 Å². The summed E-state index contributed by atoms with van der Waals surface area (Å²) in [7, 11) is 0. The van der Waals surface area contributed by atoms with Crippen LogP contribution in [0.2, 0.25) is 0 Å². The van der Waals surface area contributed by atoms with Crippen molar-refractivity contribution in [2.45, 2.75) is 19.1 Å². The molecule has 1 aliphatic heterocycles. The molecule has 2 atom stereocenters. The fourth-order valence-corrected chi connectivity index (χ4v) is 1.33. The Morgan fingerprint density at radius 1 is 1.69 bits per heavy atom. The first kappa shape index (κ1) is 10.3. The molecule has 6 heteroatoms. The van der Waals surface area contributed by atoms with Crippen molar-refractivity contribution in [1.82, 2.24) is 5.32 Å². The zero-order chi connectivity index (χ0) is 9.84. The Bertz CT molecular complexity index is 189. The number of alkyl halides is 2. The molecule has 1 fully saturated rings. The average Bonchev–Trinajstić information content (AvgIpc) is 2.48. The van der Waals surface area contributed by atoms with Gasteiger partial charge in [0.05, 0.1) is 6.61 Å². The Hall–Kier alpha value is -0.750. The number of aliphatic carboxylic acids is 1. The Balaban J connectivity index is 2.21. The zero-order valence-corrected chi connectivity index (χ0v) is 6.87. The topological polar surface area (TPSA) is 58.6 Å². The third-order valence-corrected chi connectivity index (χ3v) is 1.98. The van der Waals surface area contributed by atoms with Gasteiger partial charge in [-0.3, -0.25) is 4.79 Å². The number of hydrogen-bond acceptors (Lipinski definition) is 3. The Morgan fingerprint density at radius 3 is 2.85 bits per heavy atom. The highest BCUT2D eigenvalue weighted by atomic mass is 19.3. The molecule has 1 rings (SSSR count). The molecule has 2 N–H and O–H groups in total. The van der Waals surface area contributed by atoms with Gasteiger partial charge in [-0.15, -0.1) is 0 Å². The van der Waals surface area contributed by atoms with E-state index in [1.807, 2.05) is 0 Å². The normalized spacial score (nSPS) is 28.2. The van der Waals surface area contributed by atoms with Crippen LogP contribution in [0.5, 0.6) is 0 Å². The second kappa shape index (κ2) is 4.48. The highest BCUT2D eigenvalue weighted by Gasteiger charge is 2.29. The number of hydrogen-bond donors (Lipinski definition) is 2. The molecule has 0 bridgehead atoms. The van der Waals surface area contributed by atoms with Crippen molar-refractivity contribution in [3.8, 4) is 0 Å². The summed E-state index contributed by atoms with van der Waals surface area (Å²) in [6, 6.07) is -0.619. The first-order chi connectivity index (χ1) is 6.09. The molecule has 0 radical (unpaired) electrons. The molecule has 0 aromatic heterocycles. The predicted molar refractivity (Wildman–Crippen MR) is 39.5 cm³/mol. The molecule has 1 aliphatic rings. The van der Waals surface area contributed by atoms with Crippen LogP contribution in [0.15, 0.2) is 0 Å². The van der Waals surface area contributed by atoms with Gasteiger partial charge < -0.3 is 15.2 Å². The van der Waals surface area contributed by atoms with E-state index in [0.717, 1.165) is 0 Å².